The van der Waals surface area contributed by atoms with Crippen LogP contribution in [0, 0.1) is 85.5 Å². The molecular weight excluding hydrogens is 805 g/mol. The Bertz CT molecular complexity index is 3290. The number of halogens is 4. The van der Waals surface area contributed by atoms with Gasteiger partial charge in [-0.3, -0.25) is 0 Å². The molecule has 2 aliphatic carbocycles. The first-order valence-electron chi connectivity index (χ1n) is 18.4. The molecule has 0 saturated heterocycles. The molecule has 0 spiro atoms. The largest absolute Gasteiger partial charge is 0.435 e. The number of fused-ring (bicyclic) bond motifs is 2. The van der Waals surface area contributed by atoms with Crippen LogP contribution in [0.25, 0.3) is 64.2 Å². The summed E-state index contributed by atoms with van der Waals surface area (Å²) in [5, 5.41) is 41.9. The van der Waals surface area contributed by atoms with Gasteiger partial charge >= 0.3 is 6.61 Å². The second-order valence-corrected chi connectivity index (χ2v) is 14.0. The van der Waals surface area contributed by atoms with Gasteiger partial charge in [-0.1, -0.05) is 54.1 Å². The molecule has 0 aliphatic heterocycles. The molecule has 5 aromatic carbocycles. The predicted octanol–water partition coefficient (Wildman–Crippen LogP) is 13.2. The third kappa shape index (κ3) is 6.98. The summed E-state index contributed by atoms with van der Waals surface area (Å²) in [7, 11) is 0. The van der Waals surface area contributed by atoms with Crippen molar-refractivity contribution < 1.29 is 22.3 Å². The number of aryl methyl sites for hydroxylation is 1. The number of rotatable bonds is 7. The van der Waals surface area contributed by atoms with Crippen LogP contribution in [-0.2, 0) is 0 Å². The van der Waals surface area contributed by atoms with Crippen molar-refractivity contribution in [3.05, 3.63) is 203 Å². The number of hydrogen-bond acceptors (Lipinski definition) is 5. The molecule has 0 fully saturated rings. The standard InChI is InChI=1S/C50H22F4N8O/c1-25-7-9-30(10-8-25)41-45(47(61-5)32-16-28(22-56)18-34(20-32)60-4)44-39(48(41)62-6)26(2)38-42(36(23-57)31-15-27(21-55)17-33(19-31)59-3)40(37(24-58)43(38)46(44)49(51)52)29-11-13-35(14-12-29)63-50(53)54/h7-20,49-50H,1-2H3/b42-36+,47-45?. The van der Waals surface area contributed by atoms with E-state index in [1.165, 1.54) is 67.6 Å². The molecule has 0 unspecified atom stereocenters. The Morgan fingerprint density at radius 1 is 0.619 bits per heavy atom. The summed E-state index contributed by atoms with van der Waals surface area (Å²) in [6.07, 6.45) is -3.42. The first-order valence-corrected chi connectivity index (χ1v) is 18.4. The molecule has 9 nitrogen and oxygen atoms in total. The summed E-state index contributed by atoms with van der Waals surface area (Å²) in [5.74, 6) is -0.264. The summed E-state index contributed by atoms with van der Waals surface area (Å²) in [6, 6.07) is 27.8. The molecule has 7 rings (SSSR count). The summed E-state index contributed by atoms with van der Waals surface area (Å²) in [5.41, 5.74) is -1.13. The minimum absolute atomic E-state index is 0.00666. The Labute approximate surface area is 358 Å². The van der Waals surface area contributed by atoms with E-state index in [9.17, 15) is 29.8 Å². The zero-order valence-corrected chi connectivity index (χ0v) is 32.7. The van der Waals surface area contributed by atoms with Crippen molar-refractivity contribution in [2.75, 3.05) is 0 Å². The number of hydrogen-bond donors (Lipinski definition) is 0. The van der Waals surface area contributed by atoms with Crippen LogP contribution in [0.5, 0.6) is 5.75 Å². The van der Waals surface area contributed by atoms with E-state index >= 15 is 8.78 Å². The molecule has 0 aromatic heterocycles. The second-order valence-electron chi connectivity index (χ2n) is 14.0. The summed E-state index contributed by atoms with van der Waals surface area (Å²) in [6.45, 7) is 32.7. The zero-order chi connectivity index (χ0) is 45.3. The Balaban J connectivity index is 1.75. The number of allylic oxidation sites excluding steroid dienone is 6. The van der Waals surface area contributed by atoms with Gasteiger partial charge in [0.05, 0.1) is 49.6 Å². The molecule has 5 aromatic rings. The van der Waals surface area contributed by atoms with Gasteiger partial charge < -0.3 is 4.74 Å². The fraction of sp³-hybridized carbons (Fsp3) is 0.0800. The molecule has 2 aliphatic rings. The molecule has 296 valence electrons. The maximum atomic E-state index is 16.5. The molecular formula is C50H22F4N8O. The van der Waals surface area contributed by atoms with E-state index < -0.39 is 18.6 Å². The minimum atomic E-state index is -3.42. The van der Waals surface area contributed by atoms with Crippen LogP contribution < -0.4 is 4.74 Å². The highest BCUT2D eigenvalue weighted by molar-refractivity contribution is 6.35. The molecule has 0 bridgehead atoms. The van der Waals surface area contributed by atoms with E-state index in [4.69, 9.17) is 26.3 Å². The lowest BCUT2D eigenvalue weighted by atomic mass is 9.82. The van der Waals surface area contributed by atoms with Crippen molar-refractivity contribution in [3.8, 4) is 30.0 Å². The van der Waals surface area contributed by atoms with E-state index in [2.05, 4.69) is 36.3 Å². The zero-order valence-electron chi connectivity index (χ0n) is 32.7. The fourth-order valence-electron chi connectivity index (χ4n) is 8.08. The van der Waals surface area contributed by atoms with Crippen molar-refractivity contribution in [1.82, 2.24) is 0 Å². The number of benzene rings is 5. The molecule has 63 heavy (non-hydrogen) atoms. The summed E-state index contributed by atoms with van der Waals surface area (Å²) in [4.78, 5) is 14.6. The topological polar surface area (TPSA) is 122 Å². The Kier molecular flexibility index (Phi) is 11.0. The van der Waals surface area contributed by atoms with Gasteiger partial charge in [0, 0.05) is 33.4 Å². The monoisotopic (exact) mass is 826 g/mol. The minimum Gasteiger partial charge on any atom is -0.435 e. The molecule has 0 saturated carbocycles. The molecule has 0 atom stereocenters. The quantitative estimate of drug-likeness (QED) is 0.0918. The highest BCUT2D eigenvalue weighted by Crippen LogP contribution is 2.61. The lowest BCUT2D eigenvalue weighted by molar-refractivity contribution is -0.0498. The molecule has 0 radical (unpaired) electrons. The molecule has 0 heterocycles. The van der Waals surface area contributed by atoms with Crippen molar-refractivity contribution >= 4 is 56.2 Å². The van der Waals surface area contributed by atoms with Crippen LogP contribution in [0.4, 0.5) is 28.9 Å². The first-order chi connectivity index (χ1) is 30.4. The van der Waals surface area contributed by atoms with E-state index in [1.54, 1.807) is 24.3 Å². The van der Waals surface area contributed by atoms with E-state index in [0.717, 1.165) is 5.56 Å². The number of nitrogens with zero attached hydrogens (tertiary/aromatic N) is 8. The van der Waals surface area contributed by atoms with Gasteiger partial charge in [0.1, 0.15) is 17.9 Å². The lowest BCUT2D eigenvalue weighted by Crippen LogP contribution is -2.07. The predicted molar refractivity (Wildman–Crippen MR) is 227 cm³/mol. The average molecular weight is 827 g/mol. The third-order valence-electron chi connectivity index (χ3n) is 10.5. The van der Waals surface area contributed by atoms with Gasteiger partial charge in [-0.05, 0) is 106 Å². The van der Waals surface area contributed by atoms with Crippen LogP contribution in [0.2, 0.25) is 0 Å². The van der Waals surface area contributed by atoms with Gasteiger partial charge in [-0.2, -0.15) is 29.8 Å². The van der Waals surface area contributed by atoms with Gasteiger partial charge in [-0.15, -0.1) is 0 Å². The fourth-order valence-corrected chi connectivity index (χ4v) is 8.08. The van der Waals surface area contributed by atoms with E-state index in [-0.39, 0.29) is 118 Å². The van der Waals surface area contributed by atoms with Crippen molar-refractivity contribution in [2.24, 2.45) is 0 Å². The SMILES string of the molecule is [C-]#[N+]C(=C1C(c2ccc(C)cc2)=C([N+]#[C-])c2c(C)c3c(c(C(F)F)c21)C(C#N)=C(c1ccc(OC(F)F)cc1)/C3=C(\C#N)c1cc(C#N)cc([N+]#[C-])c1)c1cc(C#N)cc([N+]#[C-])c1. The van der Waals surface area contributed by atoms with Gasteiger partial charge in [-0.25, -0.2) is 28.2 Å². The van der Waals surface area contributed by atoms with Gasteiger partial charge in [0.15, 0.2) is 17.1 Å². The number of alkyl halides is 4. The van der Waals surface area contributed by atoms with Crippen molar-refractivity contribution in [2.45, 2.75) is 26.9 Å². The average Bonchev–Trinajstić information content (AvgIpc) is 3.80. The van der Waals surface area contributed by atoms with Crippen molar-refractivity contribution in [1.29, 1.82) is 21.0 Å². The normalized spacial score (nSPS) is 14.0. The second kappa shape index (κ2) is 16.6. The number of ether oxygens (including phenoxy) is 1. The van der Waals surface area contributed by atoms with Crippen LogP contribution in [-0.4, -0.2) is 6.61 Å². The molecule has 13 heteroatoms. The third-order valence-corrected chi connectivity index (χ3v) is 10.5. The maximum absolute atomic E-state index is 16.5. The maximum Gasteiger partial charge on any atom is 0.387 e. The van der Waals surface area contributed by atoms with Crippen LogP contribution in [0.15, 0.2) is 84.9 Å². The van der Waals surface area contributed by atoms with Crippen molar-refractivity contribution in [3.63, 3.8) is 0 Å². The highest BCUT2D eigenvalue weighted by Gasteiger charge is 2.44. The molecule has 0 N–H and O–H groups in total. The first kappa shape index (κ1) is 41.7. The van der Waals surface area contributed by atoms with E-state index in [1.807, 2.05) is 19.1 Å². The van der Waals surface area contributed by atoms with Crippen LogP contribution >= 0.6 is 0 Å². The highest BCUT2D eigenvalue weighted by atomic mass is 19.3. The van der Waals surface area contributed by atoms with Crippen LogP contribution in [0.1, 0.15) is 78.8 Å². The van der Waals surface area contributed by atoms with Gasteiger partial charge in [0.25, 0.3) is 6.43 Å². The van der Waals surface area contributed by atoms with E-state index in [0.29, 0.717) is 5.56 Å². The summed E-state index contributed by atoms with van der Waals surface area (Å²) < 4.78 is 64.0. The van der Waals surface area contributed by atoms with Gasteiger partial charge in [0.2, 0.25) is 5.70 Å². The summed E-state index contributed by atoms with van der Waals surface area (Å²) >= 11 is 0. The number of nitriles is 4. The molecule has 0 amide bonds. The lowest BCUT2D eigenvalue weighted by Gasteiger charge is -2.22. The smallest absolute Gasteiger partial charge is 0.387 e. The Morgan fingerprint density at radius 2 is 1.19 bits per heavy atom. The Morgan fingerprint density at radius 3 is 1.70 bits per heavy atom. The Hall–Kier alpha value is -9.50. The van der Waals surface area contributed by atoms with Crippen LogP contribution in [0.3, 0.4) is 0 Å².